The van der Waals surface area contributed by atoms with Crippen LogP contribution in [0.4, 0.5) is 4.39 Å². The Labute approximate surface area is 101 Å². The van der Waals surface area contributed by atoms with Gasteiger partial charge < -0.3 is 10.1 Å². The molecule has 1 N–H and O–H groups in total. The molecule has 1 unspecified atom stereocenters. The minimum absolute atomic E-state index is 0.0428. The number of hydrogen-bond donors (Lipinski definition) is 1. The molecule has 1 atom stereocenters. The number of benzene rings is 1. The molecule has 1 aromatic carbocycles. The van der Waals surface area contributed by atoms with Crippen LogP contribution < -0.4 is 5.32 Å². The van der Waals surface area contributed by atoms with E-state index in [-0.39, 0.29) is 5.82 Å². The van der Waals surface area contributed by atoms with E-state index in [2.05, 4.69) is 11.4 Å². The van der Waals surface area contributed by atoms with Gasteiger partial charge in [-0.05, 0) is 42.9 Å². The number of ether oxygens (including phenoxy) is 1. The molecule has 1 saturated heterocycles. The zero-order valence-electron chi connectivity index (χ0n) is 9.92. The van der Waals surface area contributed by atoms with E-state index in [0.29, 0.717) is 12.1 Å². The van der Waals surface area contributed by atoms with Gasteiger partial charge in [-0.2, -0.15) is 0 Å². The Balaban J connectivity index is 1.72. The second-order valence-electron chi connectivity index (χ2n) is 4.95. The highest BCUT2D eigenvalue weighted by Crippen LogP contribution is 2.33. The Hall–Kier alpha value is -0.930. The van der Waals surface area contributed by atoms with Crippen molar-refractivity contribution in [2.75, 3.05) is 13.2 Å². The van der Waals surface area contributed by atoms with E-state index in [0.717, 1.165) is 50.0 Å². The molecule has 0 amide bonds. The molecule has 92 valence electrons. The molecule has 1 fully saturated rings. The maximum Gasteiger partial charge on any atom is 0.126 e. The smallest absolute Gasteiger partial charge is 0.126 e. The Morgan fingerprint density at radius 3 is 2.82 bits per heavy atom. The van der Waals surface area contributed by atoms with Crippen molar-refractivity contribution in [2.45, 2.75) is 37.8 Å². The number of halogens is 1. The number of nitrogens with one attached hydrogen (secondary N) is 1. The zero-order chi connectivity index (χ0) is 11.7. The van der Waals surface area contributed by atoms with Crippen molar-refractivity contribution in [3.8, 4) is 0 Å². The molecule has 1 aliphatic heterocycles. The lowest BCUT2D eigenvalue weighted by Crippen LogP contribution is -2.36. The summed E-state index contributed by atoms with van der Waals surface area (Å²) < 4.78 is 18.9. The van der Waals surface area contributed by atoms with Gasteiger partial charge in [-0.1, -0.05) is 12.1 Å². The highest BCUT2D eigenvalue weighted by Gasteiger charge is 2.27. The second kappa shape index (κ2) is 4.75. The summed E-state index contributed by atoms with van der Waals surface area (Å²) in [5, 5.41) is 3.65. The van der Waals surface area contributed by atoms with E-state index in [1.807, 2.05) is 6.07 Å². The molecule has 17 heavy (non-hydrogen) atoms. The second-order valence-corrected chi connectivity index (χ2v) is 4.95. The van der Waals surface area contributed by atoms with E-state index in [4.69, 9.17) is 4.74 Å². The maximum absolute atomic E-state index is 13.6. The summed E-state index contributed by atoms with van der Waals surface area (Å²) in [5.41, 5.74) is 2.08. The van der Waals surface area contributed by atoms with Gasteiger partial charge in [0.25, 0.3) is 0 Å². The summed E-state index contributed by atoms with van der Waals surface area (Å²) in [6, 6.07) is 6.31. The van der Waals surface area contributed by atoms with Crippen LogP contribution in [0.2, 0.25) is 0 Å². The van der Waals surface area contributed by atoms with Crippen molar-refractivity contribution in [1.82, 2.24) is 5.32 Å². The standard InChI is InChI=1S/C14H18FNO/c15-13-3-1-2-12-11(13)4-5-14(12)16-10-6-8-17-9-7-10/h1-3,10,14,16H,4-9H2. The third-order valence-corrected chi connectivity index (χ3v) is 3.87. The molecule has 1 heterocycles. The lowest BCUT2D eigenvalue weighted by atomic mass is 10.0. The van der Waals surface area contributed by atoms with Crippen LogP contribution in [0.5, 0.6) is 0 Å². The summed E-state index contributed by atoms with van der Waals surface area (Å²) in [5.74, 6) is -0.0428. The normalized spacial score (nSPS) is 24.9. The van der Waals surface area contributed by atoms with E-state index in [1.54, 1.807) is 6.07 Å². The van der Waals surface area contributed by atoms with Crippen LogP contribution in [0.15, 0.2) is 18.2 Å². The van der Waals surface area contributed by atoms with Gasteiger partial charge in [0.2, 0.25) is 0 Å². The lowest BCUT2D eigenvalue weighted by Gasteiger charge is -2.27. The van der Waals surface area contributed by atoms with Crippen LogP contribution in [0, 0.1) is 5.82 Å². The largest absolute Gasteiger partial charge is 0.381 e. The van der Waals surface area contributed by atoms with Crippen molar-refractivity contribution >= 4 is 0 Å². The predicted octanol–water partition coefficient (Wildman–Crippen LogP) is 2.58. The number of fused-ring (bicyclic) bond motifs is 1. The van der Waals surface area contributed by atoms with Gasteiger partial charge in [-0.15, -0.1) is 0 Å². The molecule has 0 aromatic heterocycles. The van der Waals surface area contributed by atoms with Crippen LogP contribution in [0.25, 0.3) is 0 Å². The first kappa shape index (κ1) is 11.2. The third-order valence-electron chi connectivity index (χ3n) is 3.87. The van der Waals surface area contributed by atoms with Gasteiger partial charge in [-0.3, -0.25) is 0 Å². The van der Waals surface area contributed by atoms with Crippen molar-refractivity contribution < 1.29 is 9.13 Å². The predicted molar refractivity (Wildman–Crippen MR) is 64.4 cm³/mol. The van der Waals surface area contributed by atoms with E-state index in [9.17, 15) is 4.39 Å². The van der Waals surface area contributed by atoms with E-state index in [1.165, 1.54) is 0 Å². The molecule has 3 rings (SSSR count). The van der Waals surface area contributed by atoms with Gasteiger partial charge >= 0.3 is 0 Å². The SMILES string of the molecule is Fc1cccc2c1CCC2NC1CCOCC1. The molecule has 0 spiro atoms. The van der Waals surface area contributed by atoms with Crippen LogP contribution in [0.3, 0.4) is 0 Å². The third kappa shape index (κ3) is 2.22. The average Bonchev–Trinajstić information content (AvgIpc) is 2.76. The van der Waals surface area contributed by atoms with Crippen LogP contribution in [0.1, 0.15) is 36.4 Å². The van der Waals surface area contributed by atoms with Gasteiger partial charge in [-0.25, -0.2) is 4.39 Å². The van der Waals surface area contributed by atoms with Gasteiger partial charge in [0.05, 0.1) is 0 Å². The molecule has 0 radical (unpaired) electrons. The number of hydrogen-bond acceptors (Lipinski definition) is 2. The Morgan fingerprint density at radius 1 is 1.18 bits per heavy atom. The van der Waals surface area contributed by atoms with E-state index < -0.39 is 0 Å². The Bertz CT molecular complexity index is 401. The first-order valence-corrected chi connectivity index (χ1v) is 6.45. The fourth-order valence-corrected chi connectivity index (χ4v) is 2.93. The molecular formula is C14H18FNO. The zero-order valence-corrected chi connectivity index (χ0v) is 9.92. The highest BCUT2D eigenvalue weighted by atomic mass is 19.1. The molecule has 3 heteroatoms. The molecular weight excluding hydrogens is 217 g/mol. The molecule has 0 saturated carbocycles. The first-order chi connectivity index (χ1) is 8.34. The van der Waals surface area contributed by atoms with Gasteiger partial charge in [0, 0.05) is 25.3 Å². The topological polar surface area (TPSA) is 21.3 Å². The Kier molecular flexibility index (Phi) is 3.12. The Morgan fingerprint density at radius 2 is 2.00 bits per heavy atom. The van der Waals surface area contributed by atoms with Crippen LogP contribution >= 0.6 is 0 Å². The first-order valence-electron chi connectivity index (χ1n) is 6.45. The van der Waals surface area contributed by atoms with Gasteiger partial charge in [0.1, 0.15) is 5.82 Å². The van der Waals surface area contributed by atoms with Crippen LogP contribution in [-0.2, 0) is 11.2 Å². The quantitative estimate of drug-likeness (QED) is 0.850. The van der Waals surface area contributed by atoms with Crippen molar-refractivity contribution in [3.63, 3.8) is 0 Å². The van der Waals surface area contributed by atoms with Crippen LogP contribution in [-0.4, -0.2) is 19.3 Å². The molecule has 1 aromatic rings. The summed E-state index contributed by atoms with van der Waals surface area (Å²) in [7, 11) is 0. The molecule has 2 aliphatic rings. The highest BCUT2D eigenvalue weighted by molar-refractivity contribution is 5.35. The number of rotatable bonds is 2. The summed E-state index contributed by atoms with van der Waals surface area (Å²) in [6.07, 6.45) is 4.03. The fourth-order valence-electron chi connectivity index (χ4n) is 2.93. The maximum atomic E-state index is 13.6. The summed E-state index contributed by atoms with van der Waals surface area (Å²) >= 11 is 0. The van der Waals surface area contributed by atoms with Crippen molar-refractivity contribution in [3.05, 3.63) is 35.1 Å². The molecule has 0 bridgehead atoms. The van der Waals surface area contributed by atoms with Gasteiger partial charge in [0.15, 0.2) is 0 Å². The minimum Gasteiger partial charge on any atom is -0.381 e. The minimum atomic E-state index is -0.0428. The monoisotopic (exact) mass is 235 g/mol. The lowest BCUT2D eigenvalue weighted by molar-refractivity contribution is 0.0748. The fraction of sp³-hybridized carbons (Fsp3) is 0.571. The summed E-state index contributed by atoms with van der Waals surface area (Å²) in [4.78, 5) is 0. The molecule has 1 aliphatic carbocycles. The van der Waals surface area contributed by atoms with Crippen molar-refractivity contribution in [2.24, 2.45) is 0 Å². The summed E-state index contributed by atoms with van der Waals surface area (Å²) in [6.45, 7) is 1.70. The van der Waals surface area contributed by atoms with Crippen molar-refractivity contribution in [1.29, 1.82) is 0 Å². The average molecular weight is 235 g/mol. The molecule has 2 nitrogen and oxygen atoms in total. The van der Waals surface area contributed by atoms with E-state index >= 15 is 0 Å².